The molecule has 1 fully saturated rings. The van der Waals surface area contributed by atoms with Gasteiger partial charge >= 0.3 is 0 Å². The summed E-state index contributed by atoms with van der Waals surface area (Å²) in [6, 6.07) is 10.2. The van der Waals surface area contributed by atoms with Crippen LogP contribution in [0.2, 0.25) is 0 Å². The van der Waals surface area contributed by atoms with Gasteiger partial charge in [-0.1, -0.05) is 12.1 Å². The van der Waals surface area contributed by atoms with Crippen LogP contribution < -0.4 is 4.90 Å². The van der Waals surface area contributed by atoms with Crippen LogP contribution in [-0.2, 0) is 0 Å². The average Bonchev–Trinajstić information content (AvgIpc) is 3.08. The zero-order chi connectivity index (χ0) is 16.7. The second-order valence-electron chi connectivity index (χ2n) is 6.05. The topological polar surface area (TPSA) is 49.2 Å². The maximum Gasteiger partial charge on any atom is 0.168 e. The summed E-state index contributed by atoms with van der Waals surface area (Å²) in [6.45, 7) is 3.68. The first-order valence-electron chi connectivity index (χ1n) is 7.96. The minimum atomic E-state index is -0.527. The molecule has 0 aliphatic carbocycles. The Kier molecular flexibility index (Phi) is 3.56. The molecule has 0 atom stereocenters. The monoisotopic (exact) mass is 322 g/mol. The molecule has 4 nitrogen and oxygen atoms in total. The number of halogens is 1. The molecule has 5 heteroatoms. The number of hydrogen-bond acceptors (Lipinski definition) is 4. The van der Waals surface area contributed by atoms with Gasteiger partial charge in [-0.2, -0.15) is 0 Å². The second-order valence-corrected chi connectivity index (χ2v) is 6.05. The van der Waals surface area contributed by atoms with Gasteiger partial charge in [0.15, 0.2) is 5.82 Å². The zero-order valence-electron chi connectivity index (χ0n) is 13.3. The lowest BCUT2D eigenvalue weighted by molar-refractivity contribution is 0.471. The molecular weight excluding hydrogens is 305 g/mol. The molecular formula is C19H17FN3O. The lowest BCUT2D eigenvalue weighted by atomic mass is 10.1. The van der Waals surface area contributed by atoms with Crippen molar-refractivity contribution in [2.24, 2.45) is 0 Å². The van der Waals surface area contributed by atoms with Crippen molar-refractivity contribution < 1.29 is 9.50 Å². The first kappa shape index (κ1) is 14.9. The number of aromatic hydroxyl groups is 1. The smallest absolute Gasteiger partial charge is 0.168 e. The van der Waals surface area contributed by atoms with Gasteiger partial charge in [0.25, 0.3) is 0 Å². The number of phenols is 1. The maximum atomic E-state index is 14.3. The summed E-state index contributed by atoms with van der Waals surface area (Å²) in [5.74, 6) is 0.318. The van der Waals surface area contributed by atoms with Gasteiger partial charge in [0, 0.05) is 18.5 Å². The van der Waals surface area contributed by atoms with E-state index in [9.17, 15) is 9.50 Å². The summed E-state index contributed by atoms with van der Waals surface area (Å²) in [5.41, 5.74) is 1.87. The quantitative estimate of drug-likeness (QED) is 0.778. The molecule has 1 N–H and O–H groups in total. The van der Waals surface area contributed by atoms with Crippen LogP contribution in [-0.4, -0.2) is 28.2 Å². The van der Waals surface area contributed by atoms with E-state index in [-0.39, 0.29) is 17.1 Å². The number of anilines is 1. The largest absolute Gasteiger partial charge is 0.507 e. The highest BCUT2D eigenvalue weighted by molar-refractivity contribution is 5.92. The fraction of sp³-hybridized carbons (Fsp3) is 0.211. The van der Waals surface area contributed by atoms with Gasteiger partial charge in [-0.05, 0) is 49.6 Å². The Bertz CT molecular complexity index is 900. The van der Waals surface area contributed by atoms with Crippen LogP contribution in [0, 0.1) is 19.2 Å². The van der Waals surface area contributed by atoms with Crippen molar-refractivity contribution in [3.8, 4) is 17.1 Å². The Labute approximate surface area is 139 Å². The minimum Gasteiger partial charge on any atom is -0.507 e. The van der Waals surface area contributed by atoms with E-state index in [1.165, 1.54) is 18.2 Å². The van der Waals surface area contributed by atoms with Crippen LogP contribution in [0.5, 0.6) is 5.75 Å². The fourth-order valence-corrected chi connectivity index (χ4v) is 3.09. The van der Waals surface area contributed by atoms with Gasteiger partial charge in [0.2, 0.25) is 0 Å². The van der Waals surface area contributed by atoms with Crippen molar-refractivity contribution in [3.05, 3.63) is 54.2 Å². The Morgan fingerprint density at radius 2 is 2.04 bits per heavy atom. The number of nitrogens with zero attached hydrogens (tertiary/aromatic N) is 3. The van der Waals surface area contributed by atoms with E-state index in [1.807, 2.05) is 25.1 Å². The third-order valence-electron chi connectivity index (χ3n) is 4.30. The number of phenolic OH excluding ortho intramolecular Hbond substituents is 1. The summed E-state index contributed by atoms with van der Waals surface area (Å²) in [5, 5.41) is 11.0. The van der Waals surface area contributed by atoms with Crippen LogP contribution in [0.15, 0.2) is 36.4 Å². The highest BCUT2D eigenvalue weighted by Gasteiger charge is 2.21. The van der Waals surface area contributed by atoms with Gasteiger partial charge in [-0.15, -0.1) is 0 Å². The molecule has 0 bridgehead atoms. The van der Waals surface area contributed by atoms with E-state index in [1.54, 1.807) is 0 Å². The summed E-state index contributed by atoms with van der Waals surface area (Å²) < 4.78 is 14.3. The molecule has 1 saturated heterocycles. The Balaban J connectivity index is 1.99. The maximum absolute atomic E-state index is 14.3. The lowest BCUT2D eigenvalue weighted by Crippen LogP contribution is -2.20. The molecule has 1 radical (unpaired) electrons. The van der Waals surface area contributed by atoms with Crippen molar-refractivity contribution in [2.75, 3.05) is 18.0 Å². The van der Waals surface area contributed by atoms with Gasteiger partial charge in [-0.25, -0.2) is 14.4 Å². The Morgan fingerprint density at radius 3 is 2.79 bits per heavy atom. The molecule has 4 rings (SSSR count). The number of aromatic nitrogens is 2. The number of aryl methyl sites for hydroxylation is 1. The predicted molar refractivity (Wildman–Crippen MR) is 92.5 cm³/mol. The molecule has 0 spiro atoms. The van der Waals surface area contributed by atoms with E-state index in [4.69, 9.17) is 0 Å². The molecule has 0 saturated carbocycles. The number of rotatable bonds is 2. The summed E-state index contributed by atoms with van der Waals surface area (Å²) in [7, 11) is 0. The first-order chi connectivity index (χ1) is 11.6. The third-order valence-corrected chi connectivity index (χ3v) is 4.30. The molecule has 121 valence electrons. The highest BCUT2D eigenvalue weighted by Crippen LogP contribution is 2.34. The van der Waals surface area contributed by atoms with Crippen LogP contribution in [0.4, 0.5) is 10.2 Å². The molecule has 3 aromatic rings. The van der Waals surface area contributed by atoms with E-state index in [0.29, 0.717) is 0 Å². The Hall–Kier alpha value is -2.69. The summed E-state index contributed by atoms with van der Waals surface area (Å²) in [6.07, 6.45) is 3.19. The Morgan fingerprint density at radius 1 is 1.17 bits per heavy atom. The average molecular weight is 322 g/mol. The van der Waals surface area contributed by atoms with Gasteiger partial charge in [-0.3, -0.25) is 0 Å². The lowest BCUT2D eigenvalue weighted by Gasteiger charge is -2.19. The van der Waals surface area contributed by atoms with E-state index >= 15 is 0 Å². The molecule has 0 amide bonds. The SMILES string of the molecule is Cc1ccc2c(N3C[CH]CC3)nc(-c3c(O)cccc3F)nc2c1. The van der Waals surface area contributed by atoms with Crippen LogP contribution in [0.3, 0.4) is 0 Å². The molecule has 24 heavy (non-hydrogen) atoms. The molecule has 1 aliphatic rings. The number of benzene rings is 2. The molecule has 1 aliphatic heterocycles. The number of hydrogen-bond donors (Lipinski definition) is 1. The van der Waals surface area contributed by atoms with Crippen LogP contribution in [0.25, 0.3) is 22.3 Å². The van der Waals surface area contributed by atoms with Crippen molar-refractivity contribution >= 4 is 16.7 Å². The highest BCUT2D eigenvalue weighted by atomic mass is 19.1. The van der Waals surface area contributed by atoms with Crippen molar-refractivity contribution in [1.29, 1.82) is 0 Å². The predicted octanol–water partition coefficient (Wildman–Crippen LogP) is 3.86. The van der Waals surface area contributed by atoms with Gasteiger partial charge in [0.05, 0.1) is 11.1 Å². The van der Waals surface area contributed by atoms with E-state index in [0.717, 1.165) is 41.8 Å². The first-order valence-corrected chi connectivity index (χ1v) is 7.96. The fourth-order valence-electron chi connectivity index (χ4n) is 3.09. The third kappa shape index (κ3) is 2.46. The molecule has 2 heterocycles. The van der Waals surface area contributed by atoms with E-state index < -0.39 is 5.82 Å². The van der Waals surface area contributed by atoms with Crippen LogP contribution in [0.1, 0.15) is 12.0 Å². The molecule has 2 aromatic carbocycles. The van der Waals surface area contributed by atoms with Crippen molar-refractivity contribution in [1.82, 2.24) is 9.97 Å². The minimum absolute atomic E-state index is 0.0466. The van der Waals surface area contributed by atoms with E-state index in [2.05, 4.69) is 21.3 Å². The van der Waals surface area contributed by atoms with Crippen molar-refractivity contribution in [3.63, 3.8) is 0 Å². The molecule has 1 aromatic heterocycles. The molecule has 0 unspecified atom stereocenters. The summed E-state index contributed by atoms with van der Waals surface area (Å²) >= 11 is 0. The second kappa shape index (κ2) is 5.74. The zero-order valence-corrected chi connectivity index (χ0v) is 13.3. The van der Waals surface area contributed by atoms with Gasteiger partial charge in [0.1, 0.15) is 17.4 Å². The standard InChI is InChI=1S/C19H17FN3O/c1-12-7-8-13-15(11-12)21-18(17-14(20)5-4-6-16(17)24)22-19(13)23-9-2-3-10-23/h2,4-8,11,24H,3,9-10H2,1H3. The van der Waals surface area contributed by atoms with Gasteiger partial charge < -0.3 is 10.0 Å². The normalized spacial score (nSPS) is 14.5. The van der Waals surface area contributed by atoms with Crippen molar-refractivity contribution in [2.45, 2.75) is 13.3 Å². The van der Waals surface area contributed by atoms with Crippen LogP contribution >= 0.6 is 0 Å². The number of fused-ring (bicyclic) bond motifs is 1. The summed E-state index contributed by atoms with van der Waals surface area (Å²) in [4.78, 5) is 11.3.